The third-order valence-electron chi connectivity index (χ3n) is 3.63. The zero-order valence-corrected chi connectivity index (χ0v) is 14.2. The van der Waals surface area contributed by atoms with E-state index in [1.165, 1.54) is 6.92 Å². The van der Waals surface area contributed by atoms with Crippen LogP contribution in [0.4, 0.5) is 0 Å². The molecule has 0 heterocycles. The van der Waals surface area contributed by atoms with Crippen molar-refractivity contribution in [3.8, 4) is 11.5 Å². The van der Waals surface area contributed by atoms with Crippen molar-refractivity contribution in [1.82, 2.24) is 0 Å². The Bertz CT molecular complexity index is 513. The second kappa shape index (κ2) is 5.83. The molecule has 1 aromatic carbocycles. The van der Waals surface area contributed by atoms with Crippen LogP contribution in [0.3, 0.4) is 0 Å². The molecule has 0 bridgehead atoms. The van der Waals surface area contributed by atoms with Crippen molar-refractivity contribution in [2.45, 2.75) is 45.8 Å². The molecular formula is C16H24O3Si. The fraction of sp³-hybridized carbons (Fsp3) is 0.438. The zero-order valence-electron chi connectivity index (χ0n) is 13.2. The summed E-state index contributed by atoms with van der Waals surface area (Å²) in [5.41, 5.74) is 0.761. The van der Waals surface area contributed by atoms with Crippen molar-refractivity contribution in [1.29, 1.82) is 0 Å². The first-order chi connectivity index (χ1) is 9.06. The van der Waals surface area contributed by atoms with E-state index >= 15 is 0 Å². The van der Waals surface area contributed by atoms with Crippen LogP contribution in [0.2, 0.25) is 18.1 Å². The molecule has 0 aliphatic rings. The van der Waals surface area contributed by atoms with Crippen LogP contribution < -0.4 is 9.16 Å². The summed E-state index contributed by atoms with van der Waals surface area (Å²) in [7, 11) is -1.87. The molecule has 0 fully saturated rings. The van der Waals surface area contributed by atoms with Gasteiger partial charge in [-0.25, -0.2) is 0 Å². The minimum Gasteiger partial charge on any atom is -0.543 e. The molecule has 0 saturated carbocycles. The van der Waals surface area contributed by atoms with E-state index in [1.807, 2.05) is 12.1 Å². The SMILES string of the molecule is C=Cc1cc(O[Si](C)(C)C(C)(C)C)ccc1OC(C)=O. The third-order valence-corrected chi connectivity index (χ3v) is 7.99. The van der Waals surface area contributed by atoms with Gasteiger partial charge in [-0.1, -0.05) is 33.4 Å². The highest BCUT2D eigenvalue weighted by Crippen LogP contribution is 2.38. The second-order valence-corrected chi connectivity index (χ2v) is 11.1. The Morgan fingerprint density at radius 2 is 1.90 bits per heavy atom. The summed E-state index contributed by atoms with van der Waals surface area (Å²) < 4.78 is 11.4. The molecular weight excluding hydrogens is 268 g/mol. The first-order valence-electron chi connectivity index (χ1n) is 6.71. The van der Waals surface area contributed by atoms with Gasteiger partial charge in [-0.15, -0.1) is 0 Å². The lowest BCUT2D eigenvalue weighted by atomic mass is 10.2. The first kappa shape index (κ1) is 16.5. The fourth-order valence-corrected chi connectivity index (χ4v) is 2.47. The van der Waals surface area contributed by atoms with Crippen LogP contribution in [-0.4, -0.2) is 14.3 Å². The Balaban J connectivity index is 3.05. The molecule has 0 spiro atoms. The Morgan fingerprint density at radius 1 is 1.30 bits per heavy atom. The van der Waals surface area contributed by atoms with Crippen molar-refractivity contribution in [2.24, 2.45) is 0 Å². The fourth-order valence-electron chi connectivity index (χ4n) is 1.45. The summed E-state index contributed by atoms with van der Waals surface area (Å²) in [5, 5.41) is 0.135. The molecule has 0 atom stereocenters. The van der Waals surface area contributed by atoms with Crippen LogP contribution in [0.1, 0.15) is 33.3 Å². The monoisotopic (exact) mass is 292 g/mol. The first-order valence-corrected chi connectivity index (χ1v) is 9.61. The van der Waals surface area contributed by atoms with Crippen LogP contribution in [-0.2, 0) is 4.79 Å². The lowest BCUT2D eigenvalue weighted by molar-refractivity contribution is -0.131. The van der Waals surface area contributed by atoms with Gasteiger partial charge in [0.15, 0.2) is 0 Å². The Hall–Kier alpha value is -1.55. The van der Waals surface area contributed by atoms with Crippen molar-refractivity contribution < 1.29 is 14.0 Å². The average Bonchev–Trinajstić information content (AvgIpc) is 2.28. The van der Waals surface area contributed by atoms with E-state index in [4.69, 9.17) is 9.16 Å². The van der Waals surface area contributed by atoms with Gasteiger partial charge in [0.05, 0.1) is 0 Å². The molecule has 0 amide bonds. The molecule has 0 radical (unpaired) electrons. The van der Waals surface area contributed by atoms with Crippen LogP contribution in [0.25, 0.3) is 6.08 Å². The number of esters is 1. The van der Waals surface area contributed by atoms with Crippen molar-refractivity contribution in [2.75, 3.05) is 0 Å². The van der Waals surface area contributed by atoms with Gasteiger partial charge in [0, 0.05) is 12.5 Å². The van der Waals surface area contributed by atoms with E-state index in [9.17, 15) is 4.79 Å². The number of ether oxygens (including phenoxy) is 1. The largest absolute Gasteiger partial charge is 0.543 e. The molecule has 1 aromatic rings. The molecule has 4 heteroatoms. The number of rotatable bonds is 4. The highest BCUT2D eigenvalue weighted by molar-refractivity contribution is 6.74. The maximum Gasteiger partial charge on any atom is 0.308 e. The van der Waals surface area contributed by atoms with Gasteiger partial charge in [0.1, 0.15) is 11.5 Å². The second-order valence-electron chi connectivity index (χ2n) is 6.36. The topological polar surface area (TPSA) is 35.5 Å². The number of carbonyl (C=O) groups is 1. The van der Waals surface area contributed by atoms with Crippen molar-refractivity contribution in [3.05, 3.63) is 30.3 Å². The van der Waals surface area contributed by atoms with E-state index in [2.05, 4.69) is 40.4 Å². The van der Waals surface area contributed by atoms with Gasteiger partial charge in [-0.05, 0) is 36.3 Å². The molecule has 0 aromatic heterocycles. The number of hydrogen-bond donors (Lipinski definition) is 0. The summed E-state index contributed by atoms with van der Waals surface area (Å²) in [5.74, 6) is 0.962. The van der Waals surface area contributed by atoms with Crippen molar-refractivity contribution >= 4 is 20.4 Å². The molecule has 0 aliphatic carbocycles. The summed E-state index contributed by atoms with van der Waals surface area (Å²) in [4.78, 5) is 11.0. The van der Waals surface area contributed by atoms with Gasteiger partial charge in [-0.3, -0.25) is 4.79 Å². The molecule has 3 nitrogen and oxygen atoms in total. The van der Waals surface area contributed by atoms with E-state index in [1.54, 1.807) is 12.1 Å². The lowest BCUT2D eigenvalue weighted by Crippen LogP contribution is -2.43. The lowest BCUT2D eigenvalue weighted by Gasteiger charge is -2.36. The predicted octanol–water partition coefficient (Wildman–Crippen LogP) is 4.64. The summed E-state index contributed by atoms with van der Waals surface area (Å²) in [6, 6.07) is 5.46. The van der Waals surface area contributed by atoms with Crippen LogP contribution >= 0.6 is 0 Å². The van der Waals surface area contributed by atoms with Crippen molar-refractivity contribution in [3.63, 3.8) is 0 Å². The Kier molecular flexibility index (Phi) is 4.81. The average molecular weight is 292 g/mol. The molecule has 1 rings (SSSR count). The number of benzene rings is 1. The molecule has 110 valence electrons. The molecule has 0 N–H and O–H groups in total. The predicted molar refractivity (Wildman–Crippen MR) is 85.7 cm³/mol. The quantitative estimate of drug-likeness (QED) is 0.461. The molecule has 0 saturated heterocycles. The standard InChI is InChI=1S/C16H24O3Si/c1-8-13-11-14(9-10-15(13)18-12(2)17)19-20(6,7)16(3,4)5/h8-11H,1H2,2-7H3. The van der Waals surface area contributed by atoms with E-state index in [0.29, 0.717) is 5.75 Å². The maximum absolute atomic E-state index is 11.0. The van der Waals surface area contributed by atoms with Gasteiger partial charge >= 0.3 is 5.97 Å². The normalized spacial score (nSPS) is 11.9. The summed E-state index contributed by atoms with van der Waals surface area (Å²) in [6.45, 7) is 16.1. The van der Waals surface area contributed by atoms with Gasteiger partial charge < -0.3 is 9.16 Å². The summed E-state index contributed by atoms with van der Waals surface area (Å²) in [6.07, 6.45) is 1.66. The molecule has 0 unspecified atom stereocenters. The minimum absolute atomic E-state index is 0.135. The van der Waals surface area contributed by atoms with Crippen LogP contribution in [0, 0.1) is 0 Å². The smallest absolute Gasteiger partial charge is 0.308 e. The minimum atomic E-state index is -1.87. The third kappa shape index (κ3) is 3.97. The van der Waals surface area contributed by atoms with E-state index in [-0.39, 0.29) is 11.0 Å². The number of carbonyl (C=O) groups excluding carboxylic acids is 1. The maximum atomic E-state index is 11.0. The Morgan fingerprint density at radius 3 is 2.35 bits per heavy atom. The van der Waals surface area contributed by atoms with E-state index < -0.39 is 8.32 Å². The van der Waals surface area contributed by atoms with Crippen LogP contribution in [0.15, 0.2) is 24.8 Å². The highest BCUT2D eigenvalue weighted by atomic mass is 28.4. The van der Waals surface area contributed by atoms with Crippen LogP contribution in [0.5, 0.6) is 11.5 Å². The molecule has 20 heavy (non-hydrogen) atoms. The zero-order chi connectivity index (χ0) is 15.6. The molecule has 0 aliphatic heterocycles. The van der Waals surface area contributed by atoms with Gasteiger partial charge in [0.25, 0.3) is 0 Å². The van der Waals surface area contributed by atoms with Gasteiger partial charge in [0.2, 0.25) is 8.32 Å². The summed E-state index contributed by atoms with van der Waals surface area (Å²) >= 11 is 0. The van der Waals surface area contributed by atoms with E-state index in [0.717, 1.165) is 11.3 Å². The Labute approximate surface area is 122 Å². The number of hydrogen-bond acceptors (Lipinski definition) is 3. The highest BCUT2D eigenvalue weighted by Gasteiger charge is 2.39. The van der Waals surface area contributed by atoms with Gasteiger partial charge in [-0.2, -0.15) is 0 Å².